The van der Waals surface area contributed by atoms with Gasteiger partial charge in [0.1, 0.15) is 11.3 Å². The first-order valence-corrected chi connectivity index (χ1v) is 7.40. The summed E-state index contributed by atoms with van der Waals surface area (Å²) in [4.78, 5) is 16.6. The molecule has 0 unspecified atom stereocenters. The van der Waals surface area contributed by atoms with Crippen LogP contribution in [-0.4, -0.2) is 23.8 Å². The molecule has 2 N–H and O–H groups in total. The van der Waals surface area contributed by atoms with E-state index >= 15 is 0 Å². The monoisotopic (exact) mass is 328 g/mol. The molecule has 0 radical (unpaired) electrons. The first-order chi connectivity index (χ1) is 11.0. The van der Waals surface area contributed by atoms with E-state index in [1.54, 1.807) is 50.4 Å². The number of amides is 1. The lowest BCUT2D eigenvalue weighted by Gasteiger charge is -2.12. The van der Waals surface area contributed by atoms with Gasteiger partial charge < -0.3 is 10.4 Å². The number of halogens is 1. The topological polar surface area (TPSA) is 61.7 Å². The first-order valence-electron chi connectivity index (χ1n) is 7.02. The fourth-order valence-electron chi connectivity index (χ4n) is 2.02. The van der Waals surface area contributed by atoms with Gasteiger partial charge in [0.2, 0.25) is 0 Å². The summed E-state index contributed by atoms with van der Waals surface area (Å²) >= 11 is 5.85. The Balaban J connectivity index is 2.42. The van der Waals surface area contributed by atoms with E-state index in [1.807, 2.05) is 18.2 Å². The minimum absolute atomic E-state index is 0.124. The van der Waals surface area contributed by atoms with Crippen LogP contribution in [-0.2, 0) is 4.79 Å². The zero-order valence-electron chi connectivity index (χ0n) is 12.9. The molecule has 0 saturated heterocycles. The van der Waals surface area contributed by atoms with Crippen molar-refractivity contribution in [1.29, 1.82) is 0 Å². The number of nitrogens with one attached hydrogen (secondary N) is 1. The molecule has 0 saturated carbocycles. The molecule has 0 atom stereocenters. The third kappa shape index (κ3) is 4.20. The molecule has 0 aliphatic rings. The van der Waals surface area contributed by atoms with Gasteiger partial charge in [-0.25, -0.2) is 0 Å². The molecule has 0 fully saturated rings. The summed E-state index contributed by atoms with van der Waals surface area (Å²) in [5.74, 6) is -0.565. The van der Waals surface area contributed by atoms with Crippen LogP contribution < -0.4 is 5.32 Å². The Morgan fingerprint density at radius 2 is 1.70 bits per heavy atom. The molecular weight excluding hydrogens is 312 g/mol. The van der Waals surface area contributed by atoms with Gasteiger partial charge in [0.15, 0.2) is 0 Å². The minimum atomic E-state index is -0.424. The molecule has 0 spiro atoms. The van der Waals surface area contributed by atoms with Gasteiger partial charge in [-0.2, -0.15) is 0 Å². The summed E-state index contributed by atoms with van der Waals surface area (Å²) in [7, 11) is 1.57. The van der Waals surface area contributed by atoms with Crippen molar-refractivity contribution in [3.8, 4) is 0 Å². The van der Waals surface area contributed by atoms with Gasteiger partial charge >= 0.3 is 0 Å². The zero-order chi connectivity index (χ0) is 16.8. The van der Waals surface area contributed by atoms with Crippen molar-refractivity contribution in [3.63, 3.8) is 0 Å². The number of rotatable bonds is 4. The molecule has 0 bridgehead atoms. The second-order valence-electron chi connectivity index (χ2n) is 4.86. The molecule has 2 aromatic rings. The first kappa shape index (κ1) is 16.8. The van der Waals surface area contributed by atoms with E-state index in [9.17, 15) is 9.90 Å². The molecule has 118 valence electrons. The largest absolute Gasteiger partial charge is 0.506 e. The predicted molar refractivity (Wildman–Crippen MR) is 95.1 cm³/mol. The molecule has 4 nitrogen and oxygen atoms in total. The van der Waals surface area contributed by atoms with E-state index in [-0.39, 0.29) is 11.3 Å². The molecule has 0 aliphatic heterocycles. The van der Waals surface area contributed by atoms with Crippen molar-refractivity contribution in [2.75, 3.05) is 12.4 Å². The summed E-state index contributed by atoms with van der Waals surface area (Å²) < 4.78 is 0. The SMILES string of the molecule is CN=C(C)C(C(=O)Nc1ccccc1)=C(O)c1ccc(Cl)cc1. The molecular formula is C18H17ClN2O2. The van der Waals surface area contributed by atoms with E-state index in [2.05, 4.69) is 10.3 Å². The van der Waals surface area contributed by atoms with Crippen LogP contribution in [0.15, 0.2) is 65.2 Å². The van der Waals surface area contributed by atoms with Crippen LogP contribution in [0.4, 0.5) is 5.69 Å². The Kier molecular flexibility index (Phi) is 5.55. The third-order valence-electron chi connectivity index (χ3n) is 3.31. The highest BCUT2D eigenvalue weighted by molar-refractivity contribution is 6.31. The van der Waals surface area contributed by atoms with Crippen molar-refractivity contribution in [1.82, 2.24) is 0 Å². The maximum absolute atomic E-state index is 12.6. The number of aliphatic hydroxyl groups is 1. The van der Waals surface area contributed by atoms with Gasteiger partial charge in [-0.05, 0) is 43.3 Å². The molecule has 0 aromatic heterocycles. The van der Waals surface area contributed by atoms with E-state index < -0.39 is 5.91 Å². The average molecular weight is 329 g/mol. The molecule has 0 heterocycles. The standard InChI is InChI=1S/C18H17ClN2O2/c1-12(20-2)16(17(22)13-8-10-14(19)11-9-13)18(23)21-15-6-4-3-5-7-15/h3-11,22H,1-2H3,(H,21,23). The maximum Gasteiger partial charge on any atom is 0.261 e. The molecule has 5 heteroatoms. The number of nitrogens with zero attached hydrogens (tertiary/aromatic N) is 1. The van der Waals surface area contributed by atoms with Crippen molar-refractivity contribution in [3.05, 3.63) is 70.8 Å². The Morgan fingerprint density at radius 3 is 2.26 bits per heavy atom. The number of carbonyl (C=O) groups excluding carboxylic acids is 1. The van der Waals surface area contributed by atoms with Crippen LogP contribution in [0.5, 0.6) is 0 Å². The number of hydrogen-bond acceptors (Lipinski definition) is 3. The Labute approximate surface area is 140 Å². The lowest BCUT2D eigenvalue weighted by atomic mass is 10.0. The van der Waals surface area contributed by atoms with Crippen molar-refractivity contribution in [2.24, 2.45) is 4.99 Å². The number of carbonyl (C=O) groups is 1. The number of para-hydroxylation sites is 1. The van der Waals surface area contributed by atoms with E-state index in [4.69, 9.17) is 11.6 Å². The Hall–Kier alpha value is -2.59. The molecule has 1 amide bonds. The highest BCUT2D eigenvalue weighted by atomic mass is 35.5. The molecule has 0 aliphatic carbocycles. The number of hydrogen-bond donors (Lipinski definition) is 2. The summed E-state index contributed by atoms with van der Waals surface area (Å²) in [6, 6.07) is 15.6. The summed E-state index contributed by atoms with van der Waals surface area (Å²) in [6.45, 7) is 1.67. The molecule has 2 rings (SSSR count). The van der Waals surface area contributed by atoms with E-state index in [1.165, 1.54) is 0 Å². The van der Waals surface area contributed by atoms with Gasteiger partial charge in [-0.1, -0.05) is 29.8 Å². The minimum Gasteiger partial charge on any atom is -0.506 e. The van der Waals surface area contributed by atoms with E-state index in [0.717, 1.165) is 0 Å². The zero-order valence-corrected chi connectivity index (χ0v) is 13.6. The molecule has 23 heavy (non-hydrogen) atoms. The van der Waals surface area contributed by atoms with Gasteiger partial charge in [0.25, 0.3) is 5.91 Å². The fourth-order valence-corrected chi connectivity index (χ4v) is 2.15. The van der Waals surface area contributed by atoms with Crippen LogP contribution in [0.2, 0.25) is 5.02 Å². The van der Waals surface area contributed by atoms with Crippen molar-refractivity contribution in [2.45, 2.75) is 6.92 Å². The Morgan fingerprint density at radius 1 is 1.09 bits per heavy atom. The summed E-state index contributed by atoms with van der Waals surface area (Å²) in [5.41, 5.74) is 1.70. The highest BCUT2D eigenvalue weighted by Crippen LogP contribution is 2.21. The van der Waals surface area contributed by atoms with Gasteiger partial charge in [0, 0.05) is 29.0 Å². The number of anilines is 1. The Bertz CT molecular complexity index is 750. The summed E-state index contributed by atoms with van der Waals surface area (Å²) in [6.07, 6.45) is 0. The number of aliphatic imine (C=N–C) groups is 1. The number of benzene rings is 2. The van der Waals surface area contributed by atoms with Crippen LogP contribution in [0.25, 0.3) is 5.76 Å². The van der Waals surface area contributed by atoms with Crippen molar-refractivity contribution < 1.29 is 9.90 Å². The van der Waals surface area contributed by atoms with Gasteiger partial charge in [-0.15, -0.1) is 0 Å². The fraction of sp³-hybridized carbons (Fsp3) is 0.111. The maximum atomic E-state index is 12.6. The molecule has 2 aromatic carbocycles. The van der Waals surface area contributed by atoms with Crippen LogP contribution in [0.3, 0.4) is 0 Å². The highest BCUT2D eigenvalue weighted by Gasteiger charge is 2.19. The second-order valence-corrected chi connectivity index (χ2v) is 5.30. The van der Waals surface area contributed by atoms with Gasteiger partial charge in [-0.3, -0.25) is 9.79 Å². The van der Waals surface area contributed by atoms with Crippen LogP contribution in [0, 0.1) is 0 Å². The van der Waals surface area contributed by atoms with Crippen LogP contribution in [0.1, 0.15) is 12.5 Å². The lowest BCUT2D eigenvalue weighted by molar-refractivity contribution is -0.112. The average Bonchev–Trinajstić information content (AvgIpc) is 2.56. The smallest absolute Gasteiger partial charge is 0.261 e. The van der Waals surface area contributed by atoms with E-state index in [0.29, 0.717) is 22.0 Å². The van der Waals surface area contributed by atoms with Gasteiger partial charge in [0.05, 0.1) is 0 Å². The normalized spacial score (nSPS) is 12.6. The van der Waals surface area contributed by atoms with Crippen LogP contribution >= 0.6 is 11.6 Å². The quantitative estimate of drug-likeness (QED) is 0.498. The second kappa shape index (κ2) is 7.61. The van der Waals surface area contributed by atoms with Crippen molar-refractivity contribution >= 4 is 34.7 Å². The summed E-state index contributed by atoms with van der Waals surface area (Å²) in [5, 5.41) is 13.8. The predicted octanol–water partition coefficient (Wildman–Crippen LogP) is 4.34. The lowest BCUT2D eigenvalue weighted by Crippen LogP contribution is -2.21. The third-order valence-corrected chi connectivity index (χ3v) is 3.56. The number of aliphatic hydroxyl groups excluding tert-OH is 1.